The second kappa shape index (κ2) is 8.14. The molecule has 1 aromatic heterocycles. The van der Waals surface area contributed by atoms with E-state index in [0.29, 0.717) is 17.9 Å². The van der Waals surface area contributed by atoms with Gasteiger partial charge in [0.25, 0.3) is 0 Å². The molecule has 130 valence electrons. The second-order valence-corrected chi connectivity index (χ2v) is 7.95. The van der Waals surface area contributed by atoms with Gasteiger partial charge in [-0.15, -0.1) is 35.3 Å². The lowest BCUT2D eigenvalue weighted by atomic mass is 10.0. The van der Waals surface area contributed by atoms with Gasteiger partial charge in [-0.05, 0) is 49.9 Å². The lowest BCUT2D eigenvalue weighted by Gasteiger charge is -2.17. The van der Waals surface area contributed by atoms with Crippen molar-refractivity contribution in [1.82, 2.24) is 15.6 Å². The molecular weight excluding hydrogens is 419 g/mol. The number of thiazole rings is 1. The van der Waals surface area contributed by atoms with E-state index in [4.69, 9.17) is 4.99 Å². The van der Waals surface area contributed by atoms with Crippen LogP contribution in [0.15, 0.2) is 10.4 Å². The minimum atomic E-state index is 0. The second-order valence-electron chi connectivity index (χ2n) is 7.01. The van der Waals surface area contributed by atoms with Gasteiger partial charge in [0.05, 0.1) is 12.2 Å². The Morgan fingerprint density at radius 2 is 2.13 bits per heavy atom. The van der Waals surface area contributed by atoms with Crippen LogP contribution >= 0.6 is 35.3 Å². The van der Waals surface area contributed by atoms with Gasteiger partial charge in [0.2, 0.25) is 0 Å². The largest absolute Gasteiger partial charge is 0.357 e. The number of nitrogens with zero attached hydrogens (tertiary/aromatic N) is 2. The van der Waals surface area contributed by atoms with Crippen molar-refractivity contribution in [3.05, 3.63) is 16.1 Å². The molecule has 2 fully saturated rings. The van der Waals surface area contributed by atoms with Crippen molar-refractivity contribution >= 4 is 41.3 Å². The van der Waals surface area contributed by atoms with Gasteiger partial charge in [-0.2, -0.15) is 0 Å². The van der Waals surface area contributed by atoms with Crippen molar-refractivity contribution in [2.24, 2.45) is 16.3 Å². The number of hydrogen-bond donors (Lipinski definition) is 2. The first kappa shape index (κ1) is 19.0. The molecule has 2 saturated carbocycles. The molecule has 2 aliphatic rings. The van der Waals surface area contributed by atoms with Crippen LogP contribution in [0.25, 0.3) is 0 Å². The third-order valence-electron chi connectivity index (χ3n) is 4.82. The van der Waals surface area contributed by atoms with Gasteiger partial charge in [-0.1, -0.05) is 13.8 Å². The third-order valence-corrected chi connectivity index (χ3v) is 5.67. The third kappa shape index (κ3) is 5.05. The predicted octanol–water partition coefficient (Wildman–Crippen LogP) is 4.13. The average molecular weight is 448 g/mol. The minimum absolute atomic E-state index is 0. The smallest absolute Gasteiger partial charge is 0.191 e. The van der Waals surface area contributed by atoms with E-state index in [1.807, 2.05) is 0 Å². The Bertz CT molecular complexity index is 532. The van der Waals surface area contributed by atoms with E-state index in [-0.39, 0.29) is 24.0 Å². The molecule has 0 atom stereocenters. The number of guanidine groups is 1. The molecule has 3 rings (SSSR count). The molecule has 0 spiro atoms. The van der Waals surface area contributed by atoms with Crippen molar-refractivity contribution in [2.75, 3.05) is 13.1 Å². The van der Waals surface area contributed by atoms with Gasteiger partial charge >= 0.3 is 0 Å². The fourth-order valence-corrected chi connectivity index (χ4v) is 3.88. The van der Waals surface area contributed by atoms with Gasteiger partial charge in [-0.25, -0.2) is 9.98 Å². The molecule has 0 unspecified atom stereocenters. The lowest BCUT2D eigenvalue weighted by molar-refractivity contribution is 0.431. The maximum Gasteiger partial charge on any atom is 0.191 e. The van der Waals surface area contributed by atoms with E-state index >= 15 is 0 Å². The summed E-state index contributed by atoms with van der Waals surface area (Å²) >= 11 is 1.72. The monoisotopic (exact) mass is 448 g/mol. The fraction of sp³-hybridized carbons (Fsp3) is 0.765. The minimum Gasteiger partial charge on any atom is -0.357 e. The molecular formula is C17H29IN4S. The zero-order chi connectivity index (χ0) is 15.6. The number of hydrogen-bond acceptors (Lipinski definition) is 3. The Hall–Kier alpha value is -0.370. The highest BCUT2D eigenvalue weighted by molar-refractivity contribution is 14.0. The van der Waals surface area contributed by atoms with Crippen molar-refractivity contribution in [3.8, 4) is 0 Å². The van der Waals surface area contributed by atoms with Crippen molar-refractivity contribution in [1.29, 1.82) is 0 Å². The van der Waals surface area contributed by atoms with Crippen LogP contribution in [0.4, 0.5) is 0 Å². The maximum atomic E-state index is 4.71. The summed E-state index contributed by atoms with van der Waals surface area (Å²) in [4.78, 5) is 9.37. The molecule has 4 nitrogen and oxygen atoms in total. The molecule has 0 amide bonds. The zero-order valence-corrected chi connectivity index (χ0v) is 17.5. The lowest BCUT2D eigenvalue weighted by Crippen LogP contribution is -2.40. The Morgan fingerprint density at radius 1 is 1.39 bits per heavy atom. The Kier molecular flexibility index (Phi) is 6.71. The van der Waals surface area contributed by atoms with Gasteiger partial charge < -0.3 is 10.6 Å². The number of rotatable bonds is 7. The van der Waals surface area contributed by atoms with Crippen LogP contribution in [0.2, 0.25) is 0 Å². The quantitative estimate of drug-likeness (QED) is 0.375. The van der Waals surface area contributed by atoms with E-state index in [1.165, 1.54) is 31.4 Å². The van der Waals surface area contributed by atoms with Crippen LogP contribution < -0.4 is 10.6 Å². The van der Waals surface area contributed by atoms with Gasteiger partial charge in [0, 0.05) is 18.5 Å². The standard InChI is InChI=1S/C17H28N4S.HI/c1-4-18-16(20-11-17(7-8-17)13-5-6-13)19-9-15-21-14(10-22-15)12(2)3;/h10,12-13H,4-9,11H2,1-3H3,(H2,18,19,20);1H. The molecule has 0 radical (unpaired) electrons. The SMILES string of the molecule is CCNC(=NCc1nc(C(C)C)cs1)NCC1(C2CC2)CC1.I. The topological polar surface area (TPSA) is 49.3 Å². The predicted molar refractivity (Wildman–Crippen MR) is 109 cm³/mol. The molecule has 2 N–H and O–H groups in total. The van der Waals surface area contributed by atoms with Gasteiger partial charge in [-0.3, -0.25) is 0 Å². The molecule has 0 bridgehead atoms. The summed E-state index contributed by atoms with van der Waals surface area (Å²) in [5, 5.41) is 10.2. The van der Waals surface area contributed by atoms with Gasteiger partial charge in [0.15, 0.2) is 5.96 Å². The van der Waals surface area contributed by atoms with Crippen LogP contribution in [0.3, 0.4) is 0 Å². The average Bonchev–Trinajstić information content (AvgIpc) is 3.40. The zero-order valence-electron chi connectivity index (χ0n) is 14.4. The Balaban J connectivity index is 0.00000192. The highest BCUT2D eigenvalue weighted by atomic mass is 127. The molecule has 0 aromatic carbocycles. The summed E-state index contributed by atoms with van der Waals surface area (Å²) in [6.07, 6.45) is 5.67. The van der Waals surface area contributed by atoms with Crippen molar-refractivity contribution in [3.63, 3.8) is 0 Å². The summed E-state index contributed by atoms with van der Waals surface area (Å²) in [6.45, 7) is 9.13. The summed E-state index contributed by atoms with van der Waals surface area (Å²) < 4.78 is 0. The molecule has 1 heterocycles. The van der Waals surface area contributed by atoms with Crippen LogP contribution in [-0.4, -0.2) is 24.0 Å². The first-order valence-electron chi connectivity index (χ1n) is 8.59. The number of nitrogens with one attached hydrogen (secondary N) is 2. The van der Waals surface area contributed by atoms with Crippen molar-refractivity contribution in [2.45, 2.75) is 58.9 Å². The molecule has 0 saturated heterocycles. The number of aromatic nitrogens is 1. The van der Waals surface area contributed by atoms with E-state index in [2.05, 4.69) is 41.8 Å². The number of halogens is 1. The highest BCUT2D eigenvalue weighted by Crippen LogP contribution is 2.60. The van der Waals surface area contributed by atoms with Crippen LogP contribution in [0.1, 0.15) is 63.1 Å². The first-order valence-corrected chi connectivity index (χ1v) is 9.47. The summed E-state index contributed by atoms with van der Waals surface area (Å²) in [5.41, 5.74) is 1.78. The molecule has 1 aromatic rings. The molecule has 23 heavy (non-hydrogen) atoms. The fourth-order valence-electron chi connectivity index (χ4n) is 3.00. The maximum absolute atomic E-state index is 4.71. The molecule has 2 aliphatic carbocycles. The molecule has 6 heteroatoms. The van der Waals surface area contributed by atoms with Crippen LogP contribution in [0, 0.1) is 11.3 Å². The normalized spacial score (nSPS) is 19.4. The van der Waals surface area contributed by atoms with Crippen LogP contribution in [0.5, 0.6) is 0 Å². The Labute approximate surface area is 161 Å². The number of aliphatic imine (C=N–C) groups is 1. The Morgan fingerprint density at radius 3 is 2.65 bits per heavy atom. The summed E-state index contributed by atoms with van der Waals surface area (Å²) in [7, 11) is 0. The van der Waals surface area contributed by atoms with E-state index in [9.17, 15) is 0 Å². The van der Waals surface area contributed by atoms with E-state index in [1.54, 1.807) is 11.3 Å². The molecule has 0 aliphatic heterocycles. The van der Waals surface area contributed by atoms with Crippen molar-refractivity contribution < 1.29 is 0 Å². The first-order chi connectivity index (χ1) is 10.6. The summed E-state index contributed by atoms with van der Waals surface area (Å²) in [5.74, 6) is 2.42. The summed E-state index contributed by atoms with van der Waals surface area (Å²) in [6, 6.07) is 0. The van der Waals surface area contributed by atoms with E-state index < -0.39 is 0 Å². The van der Waals surface area contributed by atoms with E-state index in [0.717, 1.165) is 30.0 Å². The van der Waals surface area contributed by atoms with Gasteiger partial charge in [0.1, 0.15) is 5.01 Å². The van der Waals surface area contributed by atoms with Crippen LogP contribution in [-0.2, 0) is 6.54 Å². The highest BCUT2D eigenvalue weighted by Gasteiger charge is 2.53.